The largest absolute Gasteiger partial charge is 0.478 e. The van der Waals surface area contributed by atoms with Gasteiger partial charge in [0.2, 0.25) is 5.90 Å². The Bertz CT molecular complexity index is 892. The second kappa shape index (κ2) is 6.12. The first kappa shape index (κ1) is 15.7. The molecule has 120 valence electrons. The van der Waals surface area contributed by atoms with E-state index in [1.165, 1.54) is 12.1 Å². The lowest BCUT2D eigenvalue weighted by molar-refractivity contribution is -0.129. The van der Waals surface area contributed by atoms with Crippen LogP contribution in [0.15, 0.2) is 53.2 Å². The summed E-state index contributed by atoms with van der Waals surface area (Å²) in [5.41, 5.74) is 4.04. The molecule has 1 aliphatic rings. The number of benzene rings is 2. The summed E-state index contributed by atoms with van der Waals surface area (Å²) in [6.07, 6.45) is 1.57. The highest BCUT2D eigenvalue weighted by atomic mass is 16.6. The lowest BCUT2D eigenvalue weighted by atomic mass is 10.1. The van der Waals surface area contributed by atoms with Gasteiger partial charge in [0.05, 0.1) is 5.56 Å². The SMILES string of the molecule is Cc1ccc(C2=N/C(=C\c3ccc(C(=O)O)cc3)C(=O)O2)cc1C. The van der Waals surface area contributed by atoms with Crippen LogP contribution in [0.5, 0.6) is 0 Å². The van der Waals surface area contributed by atoms with Crippen LogP contribution in [0, 0.1) is 13.8 Å². The monoisotopic (exact) mass is 321 g/mol. The summed E-state index contributed by atoms with van der Waals surface area (Å²) in [7, 11) is 0. The van der Waals surface area contributed by atoms with Crippen molar-refractivity contribution in [2.45, 2.75) is 13.8 Å². The molecule has 0 radical (unpaired) electrons. The van der Waals surface area contributed by atoms with E-state index >= 15 is 0 Å². The van der Waals surface area contributed by atoms with Crippen molar-refractivity contribution < 1.29 is 19.4 Å². The van der Waals surface area contributed by atoms with E-state index in [0.717, 1.165) is 16.7 Å². The number of rotatable bonds is 3. The van der Waals surface area contributed by atoms with Crippen LogP contribution in [0.3, 0.4) is 0 Å². The van der Waals surface area contributed by atoms with Gasteiger partial charge in [0.1, 0.15) is 0 Å². The van der Waals surface area contributed by atoms with Crippen molar-refractivity contribution in [1.29, 1.82) is 0 Å². The second-order valence-corrected chi connectivity index (χ2v) is 5.56. The average Bonchev–Trinajstić information content (AvgIpc) is 2.91. The number of carbonyl (C=O) groups excluding carboxylic acids is 1. The van der Waals surface area contributed by atoms with Crippen LogP contribution in [0.4, 0.5) is 0 Å². The van der Waals surface area contributed by atoms with Crippen LogP contribution < -0.4 is 0 Å². The van der Waals surface area contributed by atoms with Gasteiger partial charge >= 0.3 is 11.9 Å². The highest BCUT2D eigenvalue weighted by Crippen LogP contribution is 2.20. The maximum Gasteiger partial charge on any atom is 0.363 e. The Morgan fingerprint density at radius 3 is 2.42 bits per heavy atom. The summed E-state index contributed by atoms with van der Waals surface area (Å²) in [6.45, 7) is 3.99. The maximum absolute atomic E-state index is 12.0. The van der Waals surface area contributed by atoms with Crippen molar-refractivity contribution in [1.82, 2.24) is 0 Å². The zero-order chi connectivity index (χ0) is 17.3. The van der Waals surface area contributed by atoms with E-state index in [-0.39, 0.29) is 17.2 Å². The third kappa shape index (κ3) is 3.10. The number of cyclic esters (lactones) is 1. The predicted molar refractivity (Wildman–Crippen MR) is 89.9 cm³/mol. The van der Waals surface area contributed by atoms with Crippen molar-refractivity contribution in [3.05, 3.63) is 76.0 Å². The molecule has 0 aromatic heterocycles. The Labute approximate surface area is 138 Å². The van der Waals surface area contributed by atoms with Gasteiger partial charge < -0.3 is 9.84 Å². The van der Waals surface area contributed by atoms with Crippen molar-refractivity contribution in [3.8, 4) is 0 Å². The Kier molecular flexibility index (Phi) is 4.00. The van der Waals surface area contributed by atoms with E-state index in [4.69, 9.17) is 9.84 Å². The number of hydrogen-bond acceptors (Lipinski definition) is 4. The molecule has 1 heterocycles. The number of carbonyl (C=O) groups is 2. The fourth-order valence-electron chi connectivity index (χ4n) is 2.29. The topological polar surface area (TPSA) is 76.0 Å². The number of carboxylic acids is 1. The van der Waals surface area contributed by atoms with Crippen LogP contribution in [-0.2, 0) is 9.53 Å². The molecule has 1 N–H and O–H groups in total. The molecule has 24 heavy (non-hydrogen) atoms. The molecule has 3 rings (SSSR count). The van der Waals surface area contributed by atoms with E-state index in [0.29, 0.717) is 5.56 Å². The molecule has 0 saturated heterocycles. The third-order valence-electron chi connectivity index (χ3n) is 3.84. The standard InChI is InChI=1S/C19H15NO4/c1-11-3-6-15(9-12(11)2)17-20-16(19(23)24-17)10-13-4-7-14(8-5-13)18(21)22/h3-10H,1-2H3,(H,21,22)/b16-10-. The van der Waals surface area contributed by atoms with Gasteiger partial charge in [-0.05, 0) is 60.9 Å². The van der Waals surface area contributed by atoms with Crippen LogP contribution in [0.25, 0.3) is 6.08 Å². The Balaban J connectivity index is 1.90. The number of aliphatic imine (C=N–C) groups is 1. The zero-order valence-corrected chi connectivity index (χ0v) is 13.2. The molecule has 0 spiro atoms. The minimum Gasteiger partial charge on any atom is -0.478 e. The Morgan fingerprint density at radius 1 is 1.08 bits per heavy atom. The molecule has 0 atom stereocenters. The van der Waals surface area contributed by atoms with E-state index in [9.17, 15) is 9.59 Å². The summed E-state index contributed by atoms with van der Waals surface area (Å²) >= 11 is 0. The van der Waals surface area contributed by atoms with Crippen molar-refractivity contribution >= 4 is 23.9 Å². The minimum atomic E-state index is -0.996. The molecule has 5 nitrogen and oxygen atoms in total. The van der Waals surface area contributed by atoms with Gasteiger partial charge in [-0.2, -0.15) is 0 Å². The van der Waals surface area contributed by atoms with Crippen molar-refractivity contribution in [3.63, 3.8) is 0 Å². The van der Waals surface area contributed by atoms with E-state index in [2.05, 4.69) is 4.99 Å². The molecular weight excluding hydrogens is 306 g/mol. The Morgan fingerprint density at radius 2 is 1.79 bits per heavy atom. The number of ether oxygens (including phenoxy) is 1. The number of esters is 1. The molecule has 0 unspecified atom stereocenters. The number of aryl methyl sites for hydroxylation is 2. The molecule has 0 saturated carbocycles. The zero-order valence-electron chi connectivity index (χ0n) is 13.2. The molecule has 5 heteroatoms. The highest BCUT2D eigenvalue weighted by Gasteiger charge is 2.24. The van der Waals surface area contributed by atoms with Gasteiger partial charge in [-0.25, -0.2) is 14.6 Å². The quantitative estimate of drug-likeness (QED) is 0.695. The van der Waals surface area contributed by atoms with E-state index in [1.807, 2.05) is 32.0 Å². The molecule has 0 aliphatic carbocycles. The summed E-state index contributed by atoms with van der Waals surface area (Å²) in [5.74, 6) is -1.24. The smallest absolute Gasteiger partial charge is 0.363 e. The second-order valence-electron chi connectivity index (χ2n) is 5.56. The third-order valence-corrected chi connectivity index (χ3v) is 3.84. The normalized spacial score (nSPS) is 15.3. The predicted octanol–water partition coefficient (Wildman–Crippen LogP) is 3.35. The average molecular weight is 321 g/mol. The maximum atomic E-state index is 12.0. The molecular formula is C19H15NO4. The molecule has 2 aromatic carbocycles. The summed E-state index contributed by atoms with van der Waals surface area (Å²) in [4.78, 5) is 27.1. The van der Waals surface area contributed by atoms with Gasteiger partial charge in [-0.1, -0.05) is 18.2 Å². The number of nitrogens with zero attached hydrogens (tertiary/aromatic N) is 1. The minimum absolute atomic E-state index is 0.186. The van der Waals surface area contributed by atoms with Crippen LogP contribution in [0.1, 0.15) is 32.6 Å². The Hall–Kier alpha value is -3.21. The number of carboxylic acid groups (broad SMARTS) is 1. The van der Waals surface area contributed by atoms with Gasteiger partial charge in [-0.15, -0.1) is 0 Å². The lowest BCUT2D eigenvalue weighted by Gasteiger charge is -2.03. The van der Waals surface area contributed by atoms with Crippen LogP contribution >= 0.6 is 0 Å². The fourth-order valence-corrected chi connectivity index (χ4v) is 2.29. The van der Waals surface area contributed by atoms with Crippen molar-refractivity contribution in [2.24, 2.45) is 4.99 Å². The van der Waals surface area contributed by atoms with Crippen LogP contribution in [-0.4, -0.2) is 22.9 Å². The fraction of sp³-hybridized carbons (Fsp3) is 0.105. The summed E-state index contributed by atoms with van der Waals surface area (Å²) < 4.78 is 5.24. The first-order valence-corrected chi connectivity index (χ1v) is 7.37. The molecule has 0 fully saturated rings. The van der Waals surface area contributed by atoms with E-state index in [1.54, 1.807) is 18.2 Å². The first-order chi connectivity index (χ1) is 11.4. The van der Waals surface area contributed by atoms with Gasteiger partial charge in [0, 0.05) is 5.56 Å². The first-order valence-electron chi connectivity index (χ1n) is 7.37. The van der Waals surface area contributed by atoms with Gasteiger partial charge in [-0.3, -0.25) is 0 Å². The number of hydrogen-bond donors (Lipinski definition) is 1. The highest BCUT2D eigenvalue weighted by molar-refractivity contribution is 6.12. The molecule has 1 aliphatic heterocycles. The summed E-state index contributed by atoms with van der Waals surface area (Å²) in [6, 6.07) is 11.9. The van der Waals surface area contributed by atoms with E-state index < -0.39 is 11.9 Å². The van der Waals surface area contributed by atoms with Crippen LogP contribution in [0.2, 0.25) is 0 Å². The molecule has 0 bridgehead atoms. The lowest BCUT2D eigenvalue weighted by Crippen LogP contribution is -2.05. The van der Waals surface area contributed by atoms with Gasteiger partial charge in [0.15, 0.2) is 5.70 Å². The van der Waals surface area contributed by atoms with Crippen molar-refractivity contribution in [2.75, 3.05) is 0 Å². The molecule has 2 aromatic rings. The number of aromatic carboxylic acids is 1. The van der Waals surface area contributed by atoms with Gasteiger partial charge in [0.25, 0.3) is 0 Å². The molecule has 0 amide bonds. The summed E-state index contributed by atoms with van der Waals surface area (Å²) in [5, 5.41) is 8.89.